The molecule has 1 aliphatic heterocycles. The minimum Gasteiger partial charge on any atom is -0.497 e. The molecule has 0 aliphatic carbocycles. The molecule has 2 heterocycles. The Labute approximate surface area is 185 Å². The molecule has 1 aromatic heterocycles. The first kappa shape index (κ1) is 21.2. The first-order valence-corrected chi connectivity index (χ1v) is 10.2. The zero-order valence-electron chi connectivity index (χ0n) is 17.6. The maximum absolute atomic E-state index is 12.3. The number of nitrogens with zero attached hydrogens (tertiary/aromatic N) is 2. The fraction of sp³-hybridized carbons (Fsp3) is 0.208. The zero-order valence-corrected chi connectivity index (χ0v) is 17.6. The van der Waals surface area contributed by atoms with E-state index in [1.807, 2.05) is 42.5 Å². The summed E-state index contributed by atoms with van der Waals surface area (Å²) in [6, 6.07) is 18.1. The van der Waals surface area contributed by atoms with Gasteiger partial charge in [0.2, 0.25) is 11.8 Å². The normalized spacial score (nSPS) is 12.5. The monoisotopic (exact) mass is 433 g/mol. The van der Waals surface area contributed by atoms with Crippen molar-refractivity contribution >= 4 is 17.5 Å². The van der Waals surface area contributed by atoms with Gasteiger partial charge >= 0.3 is 0 Å². The summed E-state index contributed by atoms with van der Waals surface area (Å²) in [5.41, 5.74) is 1.53. The second kappa shape index (κ2) is 9.82. The van der Waals surface area contributed by atoms with E-state index in [0.717, 1.165) is 11.3 Å². The maximum atomic E-state index is 12.3. The lowest BCUT2D eigenvalue weighted by Gasteiger charge is -2.29. The van der Waals surface area contributed by atoms with Crippen LogP contribution in [-0.4, -0.2) is 37.1 Å². The summed E-state index contributed by atoms with van der Waals surface area (Å²) in [5, 5.41) is 2.86. The predicted molar refractivity (Wildman–Crippen MR) is 118 cm³/mol. The van der Waals surface area contributed by atoms with Gasteiger partial charge < -0.3 is 24.4 Å². The highest BCUT2D eigenvalue weighted by Gasteiger charge is 2.25. The second-order valence-corrected chi connectivity index (χ2v) is 7.11. The van der Waals surface area contributed by atoms with Crippen LogP contribution in [0, 0.1) is 0 Å². The number of amides is 2. The van der Waals surface area contributed by atoms with E-state index in [2.05, 4.69) is 10.3 Å². The van der Waals surface area contributed by atoms with Crippen molar-refractivity contribution < 1.29 is 23.8 Å². The summed E-state index contributed by atoms with van der Waals surface area (Å²) >= 11 is 0. The van der Waals surface area contributed by atoms with E-state index in [4.69, 9.17) is 14.2 Å². The van der Waals surface area contributed by atoms with Crippen molar-refractivity contribution in [1.82, 2.24) is 10.3 Å². The number of fused-ring (bicyclic) bond motifs is 1. The highest BCUT2D eigenvalue weighted by atomic mass is 16.5. The number of anilines is 1. The maximum Gasteiger partial charge on any atom is 0.265 e. The molecule has 2 aromatic carbocycles. The molecule has 0 fully saturated rings. The van der Waals surface area contributed by atoms with Gasteiger partial charge in [0.05, 0.1) is 12.8 Å². The number of pyridine rings is 1. The summed E-state index contributed by atoms with van der Waals surface area (Å²) in [7, 11) is 1.61. The molecular weight excluding hydrogens is 410 g/mol. The van der Waals surface area contributed by atoms with E-state index in [9.17, 15) is 9.59 Å². The van der Waals surface area contributed by atoms with E-state index >= 15 is 0 Å². The van der Waals surface area contributed by atoms with Crippen molar-refractivity contribution in [1.29, 1.82) is 0 Å². The number of benzene rings is 2. The van der Waals surface area contributed by atoms with Crippen molar-refractivity contribution in [3.8, 4) is 23.1 Å². The van der Waals surface area contributed by atoms with E-state index in [0.29, 0.717) is 29.6 Å². The number of carbonyl (C=O) groups excluding carboxylic acids is 2. The largest absolute Gasteiger partial charge is 0.497 e. The van der Waals surface area contributed by atoms with Gasteiger partial charge in [-0.3, -0.25) is 9.59 Å². The molecule has 0 spiro atoms. The van der Waals surface area contributed by atoms with Crippen LogP contribution in [0.5, 0.6) is 23.1 Å². The van der Waals surface area contributed by atoms with Gasteiger partial charge in [0.1, 0.15) is 17.2 Å². The van der Waals surface area contributed by atoms with Crippen LogP contribution >= 0.6 is 0 Å². The number of aromatic nitrogens is 1. The van der Waals surface area contributed by atoms with Crippen LogP contribution in [0.1, 0.15) is 12.0 Å². The smallest absolute Gasteiger partial charge is 0.265 e. The van der Waals surface area contributed by atoms with Gasteiger partial charge in [0, 0.05) is 31.8 Å². The number of para-hydroxylation sites is 2. The molecule has 1 N–H and O–H groups in total. The SMILES string of the molecule is COc1ccc(Oc2ccc(CNC(=O)CCN3C(=O)COc4ccccc43)cn2)cc1. The van der Waals surface area contributed by atoms with Crippen molar-refractivity contribution in [2.24, 2.45) is 0 Å². The summed E-state index contributed by atoms with van der Waals surface area (Å²) in [4.78, 5) is 30.4. The van der Waals surface area contributed by atoms with Crippen LogP contribution in [0.15, 0.2) is 66.9 Å². The highest BCUT2D eigenvalue weighted by Crippen LogP contribution is 2.31. The Balaban J connectivity index is 1.26. The minimum absolute atomic E-state index is 0.0186. The Bertz CT molecular complexity index is 1080. The summed E-state index contributed by atoms with van der Waals surface area (Å²) in [6.07, 6.45) is 1.84. The fourth-order valence-corrected chi connectivity index (χ4v) is 3.24. The van der Waals surface area contributed by atoms with E-state index in [1.54, 1.807) is 36.4 Å². The molecular formula is C24H23N3O5. The molecule has 8 heteroatoms. The lowest BCUT2D eigenvalue weighted by Crippen LogP contribution is -2.41. The van der Waals surface area contributed by atoms with Crippen LogP contribution in [-0.2, 0) is 16.1 Å². The first-order valence-electron chi connectivity index (χ1n) is 10.2. The third-order valence-corrected chi connectivity index (χ3v) is 4.94. The van der Waals surface area contributed by atoms with E-state index < -0.39 is 0 Å². The average Bonchev–Trinajstić information content (AvgIpc) is 2.83. The van der Waals surface area contributed by atoms with Gasteiger partial charge in [-0.05, 0) is 42.0 Å². The van der Waals surface area contributed by atoms with Crippen LogP contribution in [0.4, 0.5) is 5.69 Å². The molecule has 3 aromatic rings. The number of nitrogens with one attached hydrogen (secondary N) is 1. The quantitative estimate of drug-likeness (QED) is 0.586. The first-order chi connectivity index (χ1) is 15.6. The third-order valence-electron chi connectivity index (χ3n) is 4.94. The molecule has 32 heavy (non-hydrogen) atoms. The van der Waals surface area contributed by atoms with Gasteiger partial charge in [0.25, 0.3) is 5.91 Å². The van der Waals surface area contributed by atoms with Gasteiger partial charge in [-0.25, -0.2) is 4.98 Å². The Morgan fingerprint density at radius 3 is 2.62 bits per heavy atom. The summed E-state index contributed by atoms with van der Waals surface area (Å²) in [6.45, 7) is 0.607. The van der Waals surface area contributed by atoms with Crippen LogP contribution in [0.25, 0.3) is 0 Å². The molecule has 1 aliphatic rings. The Hall–Kier alpha value is -4.07. The molecule has 8 nitrogen and oxygen atoms in total. The van der Waals surface area contributed by atoms with E-state index in [1.165, 1.54) is 0 Å². The van der Waals surface area contributed by atoms with Crippen molar-refractivity contribution in [2.75, 3.05) is 25.2 Å². The number of carbonyl (C=O) groups is 2. The molecule has 0 bridgehead atoms. The predicted octanol–water partition coefficient (Wildman–Crippen LogP) is 3.31. The van der Waals surface area contributed by atoms with Gasteiger partial charge in [0.15, 0.2) is 6.61 Å². The lowest BCUT2D eigenvalue weighted by molar-refractivity contribution is -0.122. The molecule has 4 rings (SSSR count). The molecule has 164 valence electrons. The number of methoxy groups -OCH3 is 1. The Morgan fingerprint density at radius 2 is 1.88 bits per heavy atom. The molecule has 2 amide bonds. The number of rotatable bonds is 8. The zero-order chi connectivity index (χ0) is 22.3. The standard InChI is InChI=1S/C24H23N3O5/c1-30-18-7-9-19(10-8-18)32-23-11-6-17(15-26-23)14-25-22(28)12-13-27-20-4-2-3-5-21(20)31-16-24(27)29/h2-11,15H,12-14,16H2,1H3,(H,25,28). The number of ether oxygens (including phenoxy) is 3. The van der Waals surface area contributed by atoms with Gasteiger partial charge in [-0.2, -0.15) is 0 Å². The Morgan fingerprint density at radius 1 is 1.09 bits per heavy atom. The van der Waals surface area contributed by atoms with Gasteiger partial charge in [-0.15, -0.1) is 0 Å². The fourth-order valence-electron chi connectivity index (χ4n) is 3.24. The van der Waals surface area contributed by atoms with Crippen molar-refractivity contribution in [2.45, 2.75) is 13.0 Å². The van der Waals surface area contributed by atoms with Crippen molar-refractivity contribution in [3.63, 3.8) is 0 Å². The lowest BCUT2D eigenvalue weighted by atomic mass is 10.2. The molecule has 0 saturated carbocycles. The number of hydrogen-bond donors (Lipinski definition) is 1. The van der Waals surface area contributed by atoms with Crippen molar-refractivity contribution in [3.05, 3.63) is 72.4 Å². The third kappa shape index (κ3) is 5.15. The number of hydrogen-bond acceptors (Lipinski definition) is 6. The van der Waals surface area contributed by atoms with E-state index in [-0.39, 0.29) is 31.4 Å². The van der Waals surface area contributed by atoms with Gasteiger partial charge in [-0.1, -0.05) is 18.2 Å². The van der Waals surface area contributed by atoms with Crippen LogP contribution < -0.4 is 24.4 Å². The van der Waals surface area contributed by atoms with Crippen LogP contribution in [0.3, 0.4) is 0 Å². The second-order valence-electron chi connectivity index (χ2n) is 7.11. The molecule has 0 unspecified atom stereocenters. The van der Waals surface area contributed by atoms with Crippen LogP contribution in [0.2, 0.25) is 0 Å². The summed E-state index contributed by atoms with van der Waals surface area (Å²) in [5.74, 6) is 2.19. The average molecular weight is 433 g/mol. The molecule has 0 atom stereocenters. The summed E-state index contributed by atoms with van der Waals surface area (Å²) < 4.78 is 16.2. The molecule has 0 radical (unpaired) electrons. The topological polar surface area (TPSA) is 90.0 Å². The molecule has 0 saturated heterocycles. The highest BCUT2D eigenvalue weighted by molar-refractivity contribution is 5.98. The minimum atomic E-state index is -0.159. The Kier molecular flexibility index (Phi) is 6.50.